The summed E-state index contributed by atoms with van der Waals surface area (Å²) >= 11 is 0. The molecule has 0 bridgehead atoms. The number of benzene rings is 1. The molecule has 11 heteroatoms. The lowest BCUT2D eigenvalue weighted by Crippen LogP contribution is -2.55. The number of hydrogen-bond acceptors (Lipinski definition) is 7. The number of hydrogen-bond donors (Lipinski definition) is 7. The lowest BCUT2D eigenvalue weighted by atomic mass is 10.0. The van der Waals surface area contributed by atoms with Crippen molar-refractivity contribution in [3.8, 4) is 5.75 Å². The third kappa shape index (κ3) is 7.60. The van der Waals surface area contributed by atoms with E-state index >= 15 is 0 Å². The molecule has 1 aromatic rings. The number of nitrogens with two attached hydrogens (primary N) is 2. The number of carboxylic acid groups (broad SMARTS) is 1. The van der Waals surface area contributed by atoms with Crippen LogP contribution < -0.4 is 22.1 Å². The predicted octanol–water partition coefficient (Wildman–Crippen LogP) is -2.43. The molecule has 0 saturated carbocycles. The summed E-state index contributed by atoms with van der Waals surface area (Å²) in [5.74, 6) is -3.69. The molecule has 0 unspecified atom stereocenters. The van der Waals surface area contributed by atoms with Crippen LogP contribution in [0.15, 0.2) is 24.3 Å². The molecule has 1 rings (SSSR count). The van der Waals surface area contributed by atoms with Crippen LogP contribution in [0.2, 0.25) is 0 Å². The van der Waals surface area contributed by atoms with Crippen molar-refractivity contribution in [2.24, 2.45) is 11.5 Å². The van der Waals surface area contributed by atoms with E-state index in [2.05, 4.69) is 10.6 Å². The number of carbonyl (C=O) groups is 4. The predicted molar refractivity (Wildman–Crippen MR) is 96.8 cm³/mol. The minimum absolute atomic E-state index is 0.00785. The number of rotatable bonds is 11. The first-order chi connectivity index (χ1) is 13.1. The number of phenols is 1. The van der Waals surface area contributed by atoms with Crippen LogP contribution in [-0.2, 0) is 25.6 Å². The smallest absolute Gasteiger partial charge is 0.326 e. The fourth-order valence-electron chi connectivity index (χ4n) is 2.25. The standard InChI is InChI=1S/C17H24N4O7/c18-11(8-22)15(25)21-13(7-9-1-3-10(23)4-2-9)16(26)20-12(17(27)28)5-6-14(19)24/h1-4,11-13,22-23H,5-8,18H2,(H2,19,24)(H,20,26)(H,21,25)(H,27,28)/t11-,12+,13-/m1/s1. The van der Waals surface area contributed by atoms with Gasteiger partial charge in [0.05, 0.1) is 6.61 Å². The number of carboxylic acids is 1. The maximum absolute atomic E-state index is 12.6. The maximum atomic E-state index is 12.6. The zero-order chi connectivity index (χ0) is 21.3. The van der Waals surface area contributed by atoms with Crippen LogP contribution in [0.3, 0.4) is 0 Å². The molecule has 11 nitrogen and oxygen atoms in total. The average Bonchev–Trinajstić information content (AvgIpc) is 2.64. The van der Waals surface area contributed by atoms with Crippen molar-refractivity contribution in [3.63, 3.8) is 0 Å². The van der Waals surface area contributed by atoms with Gasteiger partial charge in [0.25, 0.3) is 0 Å². The van der Waals surface area contributed by atoms with Crippen LogP contribution >= 0.6 is 0 Å². The van der Waals surface area contributed by atoms with Crippen molar-refractivity contribution >= 4 is 23.7 Å². The molecule has 0 heterocycles. The van der Waals surface area contributed by atoms with E-state index in [1.807, 2.05) is 0 Å². The first-order valence-corrected chi connectivity index (χ1v) is 8.40. The molecule has 0 aliphatic carbocycles. The van der Waals surface area contributed by atoms with Gasteiger partial charge in [-0.3, -0.25) is 14.4 Å². The molecule has 0 saturated heterocycles. The maximum Gasteiger partial charge on any atom is 0.326 e. The number of amides is 3. The third-order valence-corrected chi connectivity index (χ3v) is 3.84. The number of aliphatic carboxylic acids is 1. The fourth-order valence-corrected chi connectivity index (χ4v) is 2.25. The highest BCUT2D eigenvalue weighted by Crippen LogP contribution is 2.12. The number of aliphatic hydroxyl groups is 1. The van der Waals surface area contributed by atoms with Gasteiger partial charge >= 0.3 is 5.97 Å². The molecular weight excluding hydrogens is 372 g/mol. The quantitative estimate of drug-likeness (QED) is 0.214. The molecule has 28 heavy (non-hydrogen) atoms. The van der Waals surface area contributed by atoms with E-state index in [4.69, 9.17) is 16.6 Å². The summed E-state index contributed by atoms with van der Waals surface area (Å²) in [7, 11) is 0. The Bertz CT molecular complexity index is 708. The normalized spacial score (nSPS) is 13.8. The average molecular weight is 396 g/mol. The Morgan fingerprint density at radius 1 is 1.00 bits per heavy atom. The summed E-state index contributed by atoms with van der Waals surface area (Å²) in [4.78, 5) is 46.7. The first kappa shape index (κ1) is 22.9. The number of aliphatic hydroxyl groups excluding tert-OH is 1. The van der Waals surface area contributed by atoms with Gasteiger partial charge in [0.2, 0.25) is 17.7 Å². The molecule has 0 aromatic heterocycles. The highest BCUT2D eigenvalue weighted by molar-refractivity contribution is 5.92. The molecular formula is C17H24N4O7. The number of primary amides is 1. The summed E-state index contributed by atoms with van der Waals surface area (Å²) in [6.07, 6.45) is -0.494. The highest BCUT2D eigenvalue weighted by Gasteiger charge is 2.28. The van der Waals surface area contributed by atoms with Gasteiger partial charge < -0.3 is 37.4 Å². The van der Waals surface area contributed by atoms with Crippen LogP contribution in [0.4, 0.5) is 0 Å². The van der Waals surface area contributed by atoms with Crippen LogP contribution in [0, 0.1) is 0 Å². The van der Waals surface area contributed by atoms with Crippen molar-refractivity contribution in [2.45, 2.75) is 37.4 Å². The Labute approximate surface area is 160 Å². The first-order valence-electron chi connectivity index (χ1n) is 8.40. The van der Waals surface area contributed by atoms with Gasteiger partial charge in [0.1, 0.15) is 23.9 Å². The molecule has 3 amide bonds. The van der Waals surface area contributed by atoms with Crippen molar-refractivity contribution in [2.75, 3.05) is 6.61 Å². The van der Waals surface area contributed by atoms with Gasteiger partial charge in [0, 0.05) is 12.8 Å². The van der Waals surface area contributed by atoms with Crippen molar-refractivity contribution in [1.29, 1.82) is 0 Å². The minimum Gasteiger partial charge on any atom is -0.508 e. The Hall–Kier alpha value is -3.18. The lowest BCUT2D eigenvalue weighted by Gasteiger charge is -2.22. The van der Waals surface area contributed by atoms with Gasteiger partial charge in [-0.2, -0.15) is 0 Å². The van der Waals surface area contributed by atoms with E-state index in [-0.39, 0.29) is 25.0 Å². The lowest BCUT2D eigenvalue weighted by molar-refractivity contribution is -0.142. The van der Waals surface area contributed by atoms with E-state index < -0.39 is 48.4 Å². The molecule has 0 radical (unpaired) electrons. The second-order valence-electron chi connectivity index (χ2n) is 6.13. The Balaban J connectivity index is 2.95. The SMILES string of the molecule is NC(=O)CC[C@H](NC(=O)[C@@H](Cc1ccc(O)cc1)NC(=O)[C@H](N)CO)C(=O)O. The van der Waals surface area contributed by atoms with Crippen molar-refractivity contribution < 1.29 is 34.5 Å². The number of aromatic hydroxyl groups is 1. The van der Waals surface area contributed by atoms with E-state index in [0.29, 0.717) is 5.56 Å². The summed E-state index contributed by atoms with van der Waals surface area (Å²) in [5.41, 5.74) is 11.0. The van der Waals surface area contributed by atoms with E-state index in [1.54, 1.807) is 0 Å². The molecule has 3 atom stereocenters. The molecule has 0 spiro atoms. The second-order valence-corrected chi connectivity index (χ2v) is 6.13. The molecule has 0 aliphatic heterocycles. The molecule has 0 aliphatic rings. The topological polar surface area (TPSA) is 205 Å². The Morgan fingerprint density at radius 3 is 2.07 bits per heavy atom. The monoisotopic (exact) mass is 396 g/mol. The van der Waals surface area contributed by atoms with Crippen LogP contribution in [0.1, 0.15) is 18.4 Å². The van der Waals surface area contributed by atoms with Gasteiger partial charge in [-0.05, 0) is 24.1 Å². The van der Waals surface area contributed by atoms with Gasteiger partial charge in [0.15, 0.2) is 0 Å². The van der Waals surface area contributed by atoms with Crippen molar-refractivity contribution in [3.05, 3.63) is 29.8 Å². The zero-order valence-corrected chi connectivity index (χ0v) is 15.0. The summed E-state index contributed by atoms with van der Waals surface area (Å²) in [6.45, 7) is -0.643. The van der Waals surface area contributed by atoms with Crippen LogP contribution in [0.5, 0.6) is 5.75 Å². The summed E-state index contributed by atoms with van der Waals surface area (Å²) in [6, 6.07) is 1.97. The Kier molecular flexibility index (Phi) is 8.85. The minimum atomic E-state index is -1.38. The van der Waals surface area contributed by atoms with E-state index in [0.717, 1.165) is 0 Å². The van der Waals surface area contributed by atoms with Gasteiger partial charge in [-0.15, -0.1) is 0 Å². The largest absolute Gasteiger partial charge is 0.508 e. The van der Waals surface area contributed by atoms with E-state index in [1.165, 1.54) is 24.3 Å². The highest BCUT2D eigenvalue weighted by atomic mass is 16.4. The van der Waals surface area contributed by atoms with E-state index in [9.17, 15) is 29.4 Å². The fraction of sp³-hybridized carbons (Fsp3) is 0.412. The second kappa shape index (κ2) is 10.8. The van der Waals surface area contributed by atoms with Crippen LogP contribution in [0.25, 0.3) is 0 Å². The summed E-state index contributed by atoms with van der Waals surface area (Å²) < 4.78 is 0. The number of carbonyl (C=O) groups excluding carboxylic acids is 3. The number of phenolic OH excluding ortho intramolecular Hbond substituents is 1. The summed E-state index contributed by atoms with van der Waals surface area (Å²) in [5, 5.41) is 32.1. The van der Waals surface area contributed by atoms with Gasteiger partial charge in [-0.1, -0.05) is 12.1 Å². The molecule has 1 aromatic carbocycles. The molecule has 9 N–H and O–H groups in total. The van der Waals surface area contributed by atoms with Crippen LogP contribution in [-0.4, -0.2) is 63.7 Å². The van der Waals surface area contributed by atoms with Crippen molar-refractivity contribution in [1.82, 2.24) is 10.6 Å². The van der Waals surface area contributed by atoms with Gasteiger partial charge in [-0.25, -0.2) is 4.79 Å². The third-order valence-electron chi connectivity index (χ3n) is 3.84. The zero-order valence-electron chi connectivity index (χ0n) is 15.0. The Morgan fingerprint density at radius 2 is 1.57 bits per heavy atom. The molecule has 154 valence electrons. The number of nitrogens with one attached hydrogen (secondary N) is 2. The molecule has 0 fully saturated rings.